The van der Waals surface area contributed by atoms with Gasteiger partial charge in [-0.05, 0) is 6.92 Å². The zero-order chi connectivity index (χ0) is 12.5. The van der Waals surface area contributed by atoms with Crippen LogP contribution in [0, 0.1) is 0 Å². The van der Waals surface area contributed by atoms with Gasteiger partial charge in [-0.3, -0.25) is 4.99 Å². The first kappa shape index (κ1) is 14.5. The highest BCUT2D eigenvalue weighted by atomic mass is 35.5. The monoisotopic (exact) mass is 320 g/mol. The molecule has 2 nitrogen and oxygen atoms in total. The van der Waals surface area contributed by atoms with Crippen molar-refractivity contribution in [3.8, 4) is 0 Å². The van der Waals surface area contributed by atoms with E-state index in [0.29, 0.717) is 0 Å². The third-order valence-electron chi connectivity index (χ3n) is 2.22. The summed E-state index contributed by atoms with van der Waals surface area (Å²) in [5.74, 6) is 0. The predicted molar refractivity (Wildman–Crippen MR) is 73.1 cm³/mol. The predicted octanol–water partition coefficient (Wildman–Crippen LogP) is 3.99. The molecular formula is C9H9Cl5N2. The molecule has 0 radical (unpaired) electrons. The van der Waals surface area contributed by atoms with E-state index in [4.69, 9.17) is 58.0 Å². The lowest BCUT2D eigenvalue weighted by Gasteiger charge is -2.34. The highest BCUT2D eigenvalue weighted by Crippen LogP contribution is 2.48. The van der Waals surface area contributed by atoms with Crippen molar-refractivity contribution in [2.24, 2.45) is 4.99 Å². The van der Waals surface area contributed by atoms with Gasteiger partial charge in [-0.2, -0.15) is 0 Å². The second kappa shape index (κ2) is 5.36. The average molecular weight is 322 g/mol. The van der Waals surface area contributed by atoms with Crippen molar-refractivity contribution >= 4 is 64.3 Å². The van der Waals surface area contributed by atoms with Gasteiger partial charge >= 0.3 is 0 Å². The van der Waals surface area contributed by atoms with Crippen LogP contribution in [0.25, 0.3) is 0 Å². The highest BCUT2D eigenvalue weighted by Gasteiger charge is 2.44. The van der Waals surface area contributed by atoms with Gasteiger partial charge in [0.1, 0.15) is 10.9 Å². The number of alkyl halides is 1. The van der Waals surface area contributed by atoms with Crippen LogP contribution in [0.1, 0.15) is 6.92 Å². The maximum atomic E-state index is 6.17. The van der Waals surface area contributed by atoms with Gasteiger partial charge in [0, 0.05) is 7.05 Å². The topological polar surface area (TPSA) is 24.4 Å². The molecule has 2 unspecified atom stereocenters. The molecule has 1 aliphatic rings. The van der Waals surface area contributed by atoms with Gasteiger partial charge in [0.2, 0.25) is 0 Å². The van der Waals surface area contributed by atoms with Gasteiger partial charge in [0.15, 0.2) is 0 Å². The van der Waals surface area contributed by atoms with E-state index in [1.165, 1.54) is 6.34 Å². The Morgan fingerprint density at radius 1 is 1.25 bits per heavy atom. The number of hydrogen-bond acceptors (Lipinski definition) is 1. The summed E-state index contributed by atoms with van der Waals surface area (Å²) in [6, 6.07) is 0. The third kappa shape index (κ3) is 2.32. The molecule has 0 saturated carbocycles. The molecule has 0 fully saturated rings. The van der Waals surface area contributed by atoms with E-state index < -0.39 is 10.9 Å². The number of halogens is 5. The van der Waals surface area contributed by atoms with Crippen molar-refractivity contribution in [3.05, 3.63) is 20.1 Å². The molecule has 7 heteroatoms. The molecular weight excluding hydrogens is 313 g/mol. The van der Waals surface area contributed by atoms with E-state index in [0.717, 1.165) is 0 Å². The Morgan fingerprint density at radius 2 is 1.81 bits per heavy atom. The SMILES string of the molecule is CNC=NC1(C)C(Cl)=C(Cl)C(Cl)=C(Cl)C1Cl. The number of allylic oxidation sites excluding steroid dienone is 2. The van der Waals surface area contributed by atoms with E-state index >= 15 is 0 Å². The van der Waals surface area contributed by atoms with Crippen molar-refractivity contribution in [2.45, 2.75) is 17.8 Å². The Labute approximate surface area is 119 Å². The van der Waals surface area contributed by atoms with E-state index in [2.05, 4.69) is 10.3 Å². The minimum atomic E-state index is -0.918. The van der Waals surface area contributed by atoms with E-state index in [1.54, 1.807) is 14.0 Å². The molecule has 0 amide bonds. The van der Waals surface area contributed by atoms with Gasteiger partial charge in [-0.25, -0.2) is 0 Å². The molecule has 16 heavy (non-hydrogen) atoms. The fourth-order valence-electron chi connectivity index (χ4n) is 1.21. The summed E-state index contributed by atoms with van der Waals surface area (Å²) in [7, 11) is 1.71. The Balaban J connectivity index is 3.30. The summed E-state index contributed by atoms with van der Waals surface area (Å²) >= 11 is 30.1. The minimum absolute atomic E-state index is 0.172. The van der Waals surface area contributed by atoms with Crippen molar-refractivity contribution in [1.82, 2.24) is 5.32 Å². The zero-order valence-corrected chi connectivity index (χ0v) is 12.3. The molecule has 0 aromatic heterocycles. The fourth-order valence-corrected chi connectivity index (χ4v) is 2.75. The molecule has 0 aromatic rings. The first-order valence-corrected chi connectivity index (χ1v) is 6.27. The minimum Gasteiger partial charge on any atom is -0.379 e. The summed E-state index contributed by atoms with van der Waals surface area (Å²) < 4.78 is 0. The van der Waals surface area contributed by atoms with Crippen molar-refractivity contribution < 1.29 is 0 Å². The summed E-state index contributed by atoms with van der Waals surface area (Å²) in [5, 5.41) is 2.97. The number of hydrogen-bond donors (Lipinski definition) is 1. The molecule has 0 aromatic carbocycles. The van der Waals surface area contributed by atoms with Crippen LogP contribution in [0.3, 0.4) is 0 Å². The van der Waals surface area contributed by atoms with E-state index in [-0.39, 0.29) is 20.1 Å². The van der Waals surface area contributed by atoms with Crippen molar-refractivity contribution in [1.29, 1.82) is 0 Å². The number of nitrogens with zero attached hydrogens (tertiary/aromatic N) is 1. The van der Waals surface area contributed by atoms with Crippen LogP contribution in [0.4, 0.5) is 0 Å². The Kier molecular flexibility index (Phi) is 4.85. The third-order valence-corrected chi connectivity index (χ3v) is 5.01. The molecule has 2 atom stereocenters. The smallest absolute Gasteiger partial charge is 0.118 e. The van der Waals surface area contributed by atoms with Crippen molar-refractivity contribution in [2.75, 3.05) is 7.05 Å². The van der Waals surface area contributed by atoms with Gasteiger partial charge in [-0.1, -0.05) is 46.4 Å². The summed E-state index contributed by atoms with van der Waals surface area (Å²) in [5.41, 5.74) is -0.918. The van der Waals surface area contributed by atoms with E-state index in [9.17, 15) is 0 Å². The maximum absolute atomic E-state index is 6.17. The van der Waals surface area contributed by atoms with Crippen LogP contribution in [0.15, 0.2) is 25.1 Å². The van der Waals surface area contributed by atoms with Crippen molar-refractivity contribution in [3.63, 3.8) is 0 Å². The summed E-state index contributed by atoms with van der Waals surface area (Å²) in [4.78, 5) is 4.21. The maximum Gasteiger partial charge on any atom is 0.118 e. The molecule has 0 aliphatic heterocycles. The Bertz CT molecular complexity index is 387. The van der Waals surface area contributed by atoms with Crippen LogP contribution in [-0.4, -0.2) is 24.3 Å². The zero-order valence-electron chi connectivity index (χ0n) is 8.49. The second-order valence-electron chi connectivity index (χ2n) is 3.35. The van der Waals surface area contributed by atoms with Crippen LogP contribution in [-0.2, 0) is 0 Å². The molecule has 0 bridgehead atoms. The number of nitrogens with one attached hydrogen (secondary N) is 1. The molecule has 0 spiro atoms. The average Bonchev–Trinajstić information content (AvgIpc) is 2.29. The van der Waals surface area contributed by atoms with Crippen LogP contribution < -0.4 is 5.32 Å². The molecule has 1 N–H and O–H groups in total. The first-order valence-electron chi connectivity index (χ1n) is 4.32. The van der Waals surface area contributed by atoms with E-state index in [1.807, 2.05) is 0 Å². The van der Waals surface area contributed by atoms with Gasteiger partial charge in [0.05, 0.1) is 26.5 Å². The summed E-state index contributed by atoms with van der Waals surface area (Å²) in [6.07, 6.45) is 1.48. The second-order valence-corrected chi connectivity index (χ2v) is 5.32. The van der Waals surface area contributed by atoms with Gasteiger partial charge in [-0.15, -0.1) is 11.6 Å². The fraction of sp³-hybridized carbons (Fsp3) is 0.444. The highest BCUT2D eigenvalue weighted by molar-refractivity contribution is 6.53. The molecule has 1 rings (SSSR count). The van der Waals surface area contributed by atoms with Crippen LogP contribution >= 0.6 is 58.0 Å². The number of aliphatic imine (C=N–C) groups is 1. The van der Waals surface area contributed by atoms with Crippen LogP contribution in [0.2, 0.25) is 0 Å². The largest absolute Gasteiger partial charge is 0.379 e. The first-order chi connectivity index (χ1) is 7.36. The molecule has 0 saturated heterocycles. The molecule has 0 heterocycles. The lowest BCUT2D eigenvalue weighted by molar-refractivity contribution is 0.580. The quantitative estimate of drug-likeness (QED) is 0.464. The lowest BCUT2D eigenvalue weighted by atomic mass is 9.93. The Morgan fingerprint density at radius 3 is 2.31 bits per heavy atom. The van der Waals surface area contributed by atoms with Gasteiger partial charge < -0.3 is 5.32 Å². The Hall–Kier alpha value is 0.400. The summed E-state index contributed by atoms with van der Waals surface area (Å²) in [6.45, 7) is 1.73. The molecule has 1 aliphatic carbocycles. The number of rotatable bonds is 2. The normalized spacial score (nSPS) is 31.6. The standard InChI is InChI=1S/C9H9Cl5N2/c1-9(16-3-15-2)7(13)5(11)4(10)6(12)8(9)14/h3,7H,1-2H3,(H,15,16). The molecule has 90 valence electrons. The lowest BCUT2D eigenvalue weighted by Crippen LogP contribution is -2.38. The van der Waals surface area contributed by atoms with Crippen LogP contribution in [0.5, 0.6) is 0 Å². The van der Waals surface area contributed by atoms with Gasteiger partial charge in [0.25, 0.3) is 0 Å².